The third kappa shape index (κ3) is 7.29. The third-order valence-electron chi connectivity index (χ3n) is 2.28. The summed E-state index contributed by atoms with van der Waals surface area (Å²) in [5, 5.41) is 6.17. The van der Waals surface area contributed by atoms with E-state index in [2.05, 4.69) is 15.6 Å². The van der Waals surface area contributed by atoms with Gasteiger partial charge in [-0.05, 0) is 38.0 Å². The highest BCUT2D eigenvalue weighted by Gasteiger charge is 2.00. The van der Waals surface area contributed by atoms with Crippen molar-refractivity contribution in [1.29, 1.82) is 0 Å². The summed E-state index contributed by atoms with van der Waals surface area (Å²) in [5.74, 6) is -0.378. The maximum absolute atomic E-state index is 13.0. The molecule has 0 radical (unpaired) electrons. The van der Waals surface area contributed by atoms with E-state index in [1.165, 1.54) is 12.1 Å². The van der Waals surface area contributed by atoms with Gasteiger partial charge in [0.2, 0.25) is 0 Å². The molecular formula is C13H20F2IN3. The van der Waals surface area contributed by atoms with E-state index in [1.807, 2.05) is 13.8 Å². The van der Waals surface area contributed by atoms with E-state index in [9.17, 15) is 8.78 Å². The molecule has 0 aliphatic heterocycles. The van der Waals surface area contributed by atoms with Gasteiger partial charge in [0, 0.05) is 25.7 Å². The van der Waals surface area contributed by atoms with Gasteiger partial charge < -0.3 is 10.6 Å². The summed E-state index contributed by atoms with van der Waals surface area (Å²) in [6.45, 7) is 6.00. The van der Waals surface area contributed by atoms with E-state index in [1.54, 1.807) is 0 Å². The average Bonchev–Trinajstić information content (AvgIpc) is 2.28. The van der Waals surface area contributed by atoms with Crippen LogP contribution in [0.25, 0.3) is 0 Å². The Morgan fingerprint density at radius 3 is 2.05 bits per heavy atom. The van der Waals surface area contributed by atoms with Gasteiger partial charge in [0.05, 0.1) is 0 Å². The molecule has 0 unspecified atom stereocenters. The Balaban J connectivity index is 0.00000324. The lowest BCUT2D eigenvalue weighted by Crippen LogP contribution is -2.37. The van der Waals surface area contributed by atoms with E-state index in [4.69, 9.17) is 0 Å². The van der Waals surface area contributed by atoms with Crippen LogP contribution >= 0.6 is 24.0 Å². The highest BCUT2D eigenvalue weighted by atomic mass is 127. The fourth-order valence-corrected chi connectivity index (χ4v) is 1.56. The molecule has 1 aromatic carbocycles. The molecule has 0 fully saturated rings. The summed E-state index contributed by atoms with van der Waals surface area (Å²) in [5.41, 5.74) is 0.614. The van der Waals surface area contributed by atoms with Crippen LogP contribution in [0.4, 0.5) is 8.78 Å². The molecule has 0 aliphatic carbocycles. The molecule has 1 aromatic rings. The van der Waals surface area contributed by atoms with Gasteiger partial charge in [-0.1, -0.05) is 0 Å². The number of hydrogen-bond acceptors (Lipinski definition) is 1. The van der Waals surface area contributed by atoms with Gasteiger partial charge >= 0.3 is 0 Å². The predicted molar refractivity (Wildman–Crippen MR) is 85.1 cm³/mol. The van der Waals surface area contributed by atoms with Crippen molar-refractivity contribution in [2.24, 2.45) is 4.99 Å². The molecule has 6 heteroatoms. The fraction of sp³-hybridized carbons (Fsp3) is 0.462. The summed E-state index contributed by atoms with van der Waals surface area (Å²) in [4.78, 5) is 4.31. The van der Waals surface area contributed by atoms with Crippen molar-refractivity contribution in [2.75, 3.05) is 19.6 Å². The van der Waals surface area contributed by atoms with Crippen LogP contribution in [-0.2, 0) is 6.42 Å². The Morgan fingerprint density at radius 2 is 1.58 bits per heavy atom. The molecule has 0 bridgehead atoms. The van der Waals surface area contributed by atoms with Crippen molar-refractivity contribution in [3.05, 3.63) is 35.4 Å². The molecular weight excluding hydrogens is 363 g/mol. The van der Waals surface area contributed by atoms with E-state index in [0.29, 0.717) is 18.5 Å². The van der Waals surface area contributed by atoms with Crippen LogP contribution in [0.3, 0.4) is 0 Å². The Bertz CT molecular complexity index is 383. The highest BCUT2D eigenvalue weighted by Crippen LogP contribution is 2.08. The molecule has 1 rings (SSSR count). The smallest absolute Gasteiger partial charge is 0.191 e. The van der Waals surface area contributed by atoms with Crippen LogP contribution < -0.4 is 10.6 Å². The molecule has 0 amide bonds. The Labute approximate surface area is 129 Å². The van der Waals surface area contributed by atoms with Crippen LogP contribution in [0.15, 0.2) is 23.2 Å². The monoisotopic (exact) mass is 383 g/mol. The first-order valence-electron chi connectivity index (χ1n) is 6.12. The zero-order valence-electron chi connectivity index (χ0n) is 11.2. The average molecular weight is 383 g/mol. The lowest BCUT2D eigenvalue weighted by Gasteiger charge is -2.09. The second-order valence-corrected chi connectivity index (χ2v) is 3.82. The Morgan fingerprint density at radius 1 is 1.05 bits per heavy atom. The van der Waals surface area contributed by atoms with Crippen LogP contribution in [-0.4, -0.2) is 25.6 Å². The Kier molecular flexibility index (Phi) is 9.46. The molecule has 0 aromatic heterocycles. The zero-order chi connectivity index (χ0) is 13.4. The van der Waals surface area contributed by atoms with Crippen LogP contribution in [0, 0.1) is 11.6 Å². The van der Waals surface area contributed by atoms with Crippen molar-refractivity contribution in [3.8, 4) is 0 Å². The number of halogens is 3. The normalized spacial score (nSPS) is 9.47. The van der Waals surface area contributed by atoms with Gasteiger partial charge in [0.1, 0.15) is 11.6 Å². The first kappa shape index (κ1) is 18.1. The molecule has 108 valence electrons. The second-order valence-electron chi connectivity index (χ2n) is 3.82. The predicted octanol–water partition coefficient (Wildman–Crippen LogP) is 2.70. The quantitative estimate of drug-likeness (QED) is 0.466. The third-order valence-corrected chi connectivity index (χ3v) is 2.28. The van der Waals surface area contributed by atoms with Crippen molar-refractivity contribution in [1.82, 2.24) is 10.6 Å². The topological polar surface area (TPSA) is 36.4 Å². The minimum Gasteiger partial charge on any atom is -0.357 e. The summed E-state index contributed by atoms with van der Waals surface area (Å²) in [6.07, 6.45) is 0.509. The van der Waals surface area contributed by atoms with Gasteiger partial charge in [-0.15, -0.1) is 24.0 Å². The largest absolute Gasteiger partial charge is 0.357 e. The minimum absolute atomic E-state index is 0. The summed E-state index contributed by atoms with van der Waals surface area (Å²) >= 11 is 0. The second kappa shape index (κ2) is 9.94. The van der Waals surface area contributed by atoms with Gasteiger partial charge in [0.25, 0.3) is 0 Å². The van der Waals surface area contributed by atoms with E-state index in [-0.39, 0.29) is 24.0 Å². The lowest BCUT2D eigenvalue weighted by atomic mass is 10.1. The molecule has 0 atom stereocenters. The van der Waals surface area contributed by atoms with Crippen molar-refractivity contribution in [3.63, 3.8) is 0 Å². The van der Waals surface area contributed by atoms with Gasteiger partial charge in [-0.25, -0.2) is 8.78 Å². The van der Waals surface area contributed by atoms with E-state index < -0.39 is 11.6 Å². The molecule has 0 saturated heterocycles. The number of guanidine groups is 1. The summed E-state index contributed by atoms with van der Waals surface area (Å²) < 4.78 is 25.9. The van der Waals surface area contributed by atoms with Crippen molar-refractivity contribution >= 4 is 29.9 Å². The number of benzene rings is 1. The van der Waals surface area contributed by atoms with Crippen LogP contribution in [0.1, 0.15) is 19.4 Å². The highest BCUT2D eigenvalue weighted by molar-refractivity contribution is 14.0. The van der Waals surface area contributed by atoms with Gasteiger partial charge in [-0.3, -0.25) is 4.99 Å². The number of hydrogen-bond donors (Lipinski definition) is 2. The van der Waals surface area contributed by atoms with E-state index >= 15 is 0 Å². The molecule has 0 saturated carbocycles. The molecule has 2 N–H and O–H groups in total. The zero-order valence-corrected chi connectivity index (χ0v) is 13.5. The summed E-state index contributed by atoms with van der Waals surface area (Å²) in [6, 6.07) is 3.53. The number of nitrogens with one attached hydrogen (secondary N) is 2. The standard InChI is InChI=1S/C13H19F2N3.HI/c1-3-16-13(17-4-2)18-6-5-10-7-11(14)9-12(15)8-10;/h7-9H,3-6H2,1-2H3,(H2,16,17,18);1H. The van der Waals surface area contributed by atoms with Gasteiger partial charge in [0.15, 0.2) is 5.96 Å². The van der Waals surface area contributed by atoms with Gasteiger partial charge in [-0.2, -0.15) is 0 Å². The maximum Gasteiger partial charge on any atom is 0.191 e. The van der Waals surface area contributed by atoms with Crippen molar-refractivity contribution in [2.45, 2.75) is 20.3 Å². The van der Waals surface area contributed by atoms with Crippen LogP contribution in [0.5, 0.6) is 0 Å². The maximum atomic E-state index is 13.0. The molecule has 19 heavy (non-hydrogen) atoms. The number of rotatable bonds is 5. The molecule has 0 heterocycles. The number of aliphatic imine (C=N–C) groups is 1. The summed E-state index contributed by atoms with van der Waals surface area (Å²) in [7, 11) is 0. The number of nitrogens with zero attached hydrogens (tertiary/aromatic N) is 1. The first-order chi connectivity index (χ1) is 8.65. The lowest BCUT2D eigenvalue weighted by molar-refractivity contribution is 0.579. The molecule has 0 spiro atoms. The van der Waals surface area contributed by atoms with Crippen molar-refractivity contribution < 1.29 is 8.78 Å². The molecule has 3 nitrogen and oxygen atoms in total. The fourth-order valence-electron chi connectivity index (χ4n) is 1.56. The Hall–Kier alpha value is -0.920. The first-order valence-corrected chi connectivity index (χ1v) is 6.12. The van der Waals surface area contributed by atoms with E-state index in [0.717, 1.165) is 25.1 Å². The van der Waals surface area contributed by atoms with Crippen LogP contribution in [0.2, 0.25) is 0 Å². The minimum atomic E-state index is -0.549. The SMILES string of the molecule is CCNC(=NCCc1cc(F)cc(F)c1)NCC.I. The molecule has 0 aliphatic rings.